The Morgan fingerprint density at radius 3 is 1.39 bits per heavy atom. The third-order valence-corrected chi connectivity index (χ3v) is 29.6. The lowest BCUT2D eigenvalue weighted by atomic mass is 9.50. The summed E-state index contributed by atoms with van der Waals surface area (Å²) in [7, 11) is 1.81. The third kappa shape index (κ3) is 25.7. The van der Waals surface area contributed by atoms with Crippen LogP contribution in [0.15, 0.2) is 342 Å². The van der Waals surface area contributed by atoms with E-state index >= 15 is 0 Å². The number of allylic oxidation sites excluding steroid dienone is 16. The second-order valence-electron chi connectivity index (χ2n) is 41.1. The smallest absolute Gasteiger partial charge is 0.336 e. The quantitative estimate of drug-likeness (QED) is 0.0120. The summed E-state index contributed by atoms with van der Waals surface area (Å²) in [6.07, 6.45) is 52.8. The van der Waals surface area contributed by atoms with Gasteiger partial charge in [-0.15, -0.1) is 0 Å². The van der Waals surface area contributed by atoms with Gasteiger partial charge in [-0.05, 0) is 294 Å². The number of anilines is 2. The third-order valence-electron chi connectivity index (χ3n) is 29.6. The van der Waals surface area contributed by atoms with Crippen molar-refractivity contribution in [2.75, 3.05) is 57.2 Å². The first-order chi connectivity index (χ1) is 69.7. The van der Waals surface area contributed by atoms with Gasteiger partial charge in [0.05, 0.1) is 57.1 Å². The summed E-state index contributed by atoms with van der Waals surface area (Å²) in [5.74, 6) is 6.05. The number of benzene rings is 6. The number of fused-ring (bicyclic) bond motifs is 7. The molecule has 0 spiro atoms. The minimum atomic E-state index is -0.439. The van der Waals surface area contributed by atoms with Gasteiger partial charge in [0.25, 0.3) is 5.91 Å². The molecule has 21 rings (SSSR count). The molecule has 5 fully saturated rings. The second kappa shape index (κ2) is 47.7. The lowest BCUT2D eigenvalue weighted by molar-refractivity contribution is -0.697. The molecular weight excluding hydrogens is 1970 g/mol. The van der Waals surface area contributed by atoms with Gasteiger partial charge >= 0.3 is 16.9 Å². The Morgan fingerprint density at radius 1 is 0.466 bits per heavy atom. The Kier molecular flexibility index (Phi) is 34.3. The summed E-state index contributed by atoms with van der Waals surface area (Å²) in [6.45, 7) is 25.3. The number of aryl methyl sites for hydroxylation is 2. The van der Waals surface area contributed by atoms with Crippen LogP contribution >= 0.6 is 0 Å². The highest BCUT2D eigenvalue weighted by atomic mass is 79.9. The van der Waals surface area contributed by atoms with Crippen LogP contribution in [0.4, 0.5) is 11.4 Å². The van der Waals surface area contributed by atoms with Crippen LogP contribution in [0, 0.1) is 34.5 Å². The molecule has 4 saturated carbocycles. The van der Waals surface area contributed by atoms with Gasteiger partial charge in [0.15, 0.2) is 71.4 Å². The van der Waals surface area contributed by atoms with E-state index in [9.17, 15) is 28.8 Å². The van der Waals surface area contributed by atoms with Crippen LogP contribution in [0.1, 0.15) is 187 Å². The fourth-order valence-corrected chi connectivity index (χ4v) is 22.5. The van der Waals surface area contributed by atoms with Gasteiger partial charge in [-0.1, -0.05) is 129 Å². The van der Waals surface area contributed by atoms with Gasteiger partial charge in [0, 0.05) is 131 Å². The molecule has 6 aromatic carbocycles. The molecule has 3 N–H and O–H groups in total. The van der Waals surface area contributed by atoms with Crippen LogP contribution in [0.5, 0.6) is 23.0 Å². The number of amides is 3. The Balaban J connectivity index is 0.000000157. The number of likely N-dealkylation sites (tertiary alicyclic amines) is 1. The van der Waals surface area contributed by atoms with Crippen molar-refractivity contribution in [2.45, 2.75) is 190 Å². The SMILES string of the molecule is CC1=C(/C=C/C(C)=C/C=C/C(=O)Nc2cc[n+](CCCOc3c4occc4cc4ccc(=O)oc34)cc2)C(C)(C)CCC1.CC1=C(/C=C/C(C)=C/C=C/C(C)=C/C(=O)NC2CCN(CCCOc3c4occc4cc4ccc(=O)oc34)CC2)C(C)(C)CCC1.COc1ccc(-c2ccc3cc(C(=O)Nc4cc[n+](CCCOc5c6occc6cc6ccc(=O)oc56)cc4)ccc3c2)cc1C1C2CC3CC(C2)CC1C3.[Br-].[Br-]. The molecule has 14 aromatic rings. The maximum absolute atomic E-state index is 13.3. The van der Waals surface area contributed by atoms with E-state index in [2.05, 4.69) is 136 Å². The van der Waals surface area contributed by atoms with Gasteiger partial charge in [-0.3, -0.25) is 14.4 Å². The molecule has 24 heteroatoms. The number of carbonyl (C=O) groups excluding carboxylic acids is 3. The first kappa shape index (κ1) is 105. The molecule has 8 aromatic heterocycles. The van der Waals surface area contributed by atoms with Gasteiger partial charge < -0.3 is 100 Å². The van der Waals surface area contributed by atoms with E-state index in [1.807, 2.05) is 152 Å². The van der Waals surface area contributed by atoms with E-state index < -0.39 is 16.9 Å². The predicted molar refractivity (Wildman–Crippen MR) is 569 cm³/mol. The van der Waals surface area contributed by atoms with Gasteiger partial charge in [-0.25, -0.2) is 23.5 Å². The van der Waals surface area contributed by atoms with Gasteiger partial charge in [-0.2, -0.15) is 0 Å². The fraction of sp³-hybridized carbons (Fsp3) is 0.344. The number of piperidine rings is 1. The first-order valence-corrected chi connectivity index (χ1v) is 50.9. The molecule has 22 nitrogen and oxygen atoms in total. The van der Waals surface area contributed by atoms with Crippen molar-refractivity contribution in [2.24, 2.45) is 34.5 Å². The Morgan fingerprint density at radius 2 is 0.904 bits per heavy atom. The summed E-state index contributed by atoms with van der Waals surface area (Å²) in [5.41, 5.74) is 16.9. The van der Waals surface area contributed by atoms with Crippen LogP contribution in [0.25, 0.3) is 87.7 Å². The summed E-state index contributed by atoms with van der Waals surface area (Å²) < 4.78 is 61.5. The number of nitrogens with one attached hydrogen (secondary N) is 3. The van der Waals surface area contributed by atoms with Gasteiger partial charge in [0.1, 0.15) is 5.75 Å². The van der Waals surface area contributed by atoms with Crippen LogP contribution in [-0.2, 0) is 22.7 Å². The Hall–Kier alpha value is -13.7. The lowest BCUT2D eigenvalue weighted by Gasteiger charge is -2.54. The van der Waals surface area contributed by atoms with Crippen LogP contribution < -0.4 is 94.9 Å². The zero-order chi connectivity index (χ0) is 100. The number of nitrogens with zero attached hydrogens (tertiary/aromatic N) is 3. The number of carbonyl (C=O) groups is 3. The lowest BCUT2D eigenvalue weighted by Crippen LogP contribution is -3.00. The fourth-order valence-electron chi connectivity index (χ4n) is 22.5. The number of hydrogen-bond acceptors (Lipinski definition) is 17. The topological polar surface area (TPSA) is 265 Å². The molecule has 4 bridgehead atoms. The van der Waals surface area contributed by atoms with Gasteiger partial charge in [0.2, 0.25) is 29.1 Å². The molecule has 0 atom stereocenters. The van der Waals surface area contributed by atoms with Crippen molar-refractivity contribution in [3.05, 3.63) is 343 Å². The number of furan rings is 3. The molecule has 146 heavy (non-hydrogen) atoms. The summed E-state index contributed by atoms with van der Waals surface area (Å²) in [5, 5.41) is 16.3. The van der Waals surface area contributed by atoms with Crippen molar-refractivity contribution in [3.63, 3.8) is 0 Å². The molecule has 3 amide bonds. The van der Waals surface area contributed by atoms with Crippen LogP contribution in [-0.4, -0.2) is 75.2 Å². The molecule has 9 heterocycles. The first-order valence-electron chi connectivity index (χ1n) is 50.9. The average molecular weight is 2100 g/mol. The van der Waals surface area contributed by atoms with E-state index in [0.29, 0.717) is 114 Å². The number of ether oxygens (including phenoxy) is 4. The van der Waals surface area contributed by atoms with Crippen molar-refractivity contribution >= 4 is 106 Å². The zero-order valence-electron chi connectivity index (χ0n) is 84.9. The normalized spacial score (nSPS) is 18.6. The maximum atomic E-state index is 13.3. The van der Waals surface area contributed by atoms with Crippen molar-refractivity contribution in [1.82, 2.24) is 10.2 Å². The standard InChI is InChI=1S/C47H42N2O6.C39H48N2O5.C36H38N2O5.2BrH/c1-52-41-9-7-33(27-40(41)43-37-20-28-19-29(22-37)23-38(43)21-28)31-3-4-32-25-36(6-5-30(32)24-31)47(51)48-39-11-15-49(16-12-39)14-2-17-53-46-44-35(13-18-54-44)26-34-8-10-42(50)55-45(34)46;1-27(12-14-33-29(3)11-7-19-39(33,4)5)9-6-10-28(2)25-34(42)40-32-16-21-41(22-17-32)20-8-23-44-38-36-31(18-24-45-36)26-30-13-15-35(43)46-37(30)38;1-25(11-13-30-26(2)9-6-18-36(30,3)4)8-5-10-31(39)37-29-15-20-38(21-16-29)19-7-22-41-35-33-28(17-23-42-33)24-27-12-14-32(40)43-34(27)35;;/h3-13,15-16,18,24-29,37-38,43H,2,14,17,19-23H2,1H3;6,9-10,12-15,18,24-26,32H,7-8,11,16-17,19-23H2,1-5H3,(H,40,42);5,8,10-17,20-21,23-24H,6-7,9,18-19,22H2,1-4H3;2*1H/b;10-6+,14-12+,27-9+,28-25+;10-5+,13-11+,25-8+;;. The van der Waals surface area contributed by atoms with E-state index in [1.165, 1.54) is 139 Å². The van der Waals surface area contributed by atoms with Crippen molar-refractivity contribution in [3.8, 4) is 34.1 Å². The molecule has 1 aliphatic heterocycles. The largest absolute Gasteiger partial charge is 1.00 e. The minimum absolute atomic E-state index is 0. The van der Waals surface area contributed by atoms with Crippen molar-refractivity contribution in [1.29, 1.82) is 0 Å². The number of halogens is 2. The van der Waals surface area contributed by atoms with Crippen LogP contribution in [0.3, 0.4) is 0 Å². The highest BCUT2D eigenvalue weighted by Crippen LogP contribution is 2.61. The molecule has 758 valence electrons. The minimum Gasteiger partial charge on any atom is -1.00 e. The second-order valence-corrected chi connectivity index (χ2v) is 41.1. The monoisotopic (exact) mass is 2090 g/mol. The predicted octanol–water partition coefficient (Wildman–Crippen LogP) is 20.2. The molecule has 7 aliphatic rings. The highest BCUT2D eigenvalue weighted by molar-refractivity contribution is 6.07. The molecule has 0 unspecified atom stereocenters. The Bertz CT molecular complexity index is 7580. The average Bonchev–Trinajstić information content (AvgIpc) is 1.01. The number of rotatable bonds is 31. The summed E-state index contributed by atoms with van der Waals surface area (Å²) in [4.78, 5) is 76.4. The molecular formula is C122H130Br2N6O16. The zero-order valence-corrected chi connectivity index (χ0v) is 88.1. The summed E-state index contributed by atoms with van der Waals surface area (Å²) >= 11 is 0. The van der Waals surface area contributed by atoms with Crippen molar-refractivity contribution < 1.29 is 103 Å². The molecule has 6 aliphatic carbocycles. The number of methoxy groups -OCH3 is 1. The van der Waals surface area contributed by atoms with E-state index in [4.69, 9.17) is 45.5 Å². The number of aromatic nitrogens is 2. The van der Waals surface area contributed by atoms with Crippen LogP contribution in [0.2, 0.25) is 0 Å². The van der Waals surface area contributed by atoms with E-state index in [0.717, 1.165) is 128 Å². The summed E-state index contributed by atoms with van der Waals surface area (Å²) in [6, 6.07) is 47.6. The van der Waals surface area contributed by atoms with E-state index in [-0.39, 0.29) is 68.6 Å². The van der Waals surface area contributed by atoms with E-state index in [1.54, 1.807) is 49.1 Å². The molecule has 1 saturated heterocycles. The number of hydrogen-bond donors (Lipinski definition) is 3. The molecule has 0 radical (unpaired) electrons. The highest BCUT2D eigenvalue weighted by Gasteiger charge is 2.49. The Labute approximate surface area is 872 Å². The number of pyridine rings is 2. The maximum Gasteiger partial charge on any atom is 0.336 e.